The molecule has 2 aliphatic heterocycles. The van der Waals surface area contributed by atoms with Crippen molar-refractivity contribution < 1.29 is 14.3 Å². The lowest BCUT2D eigenvalue weighted by atomic mass is 9.96. The second-order valence-electron chi connectivity index (χ2n) is 8.81. The van der Waals surface area contributed by atoms with Crippen LogP contribution in [-0.2, 0) is 22.6 Å². The van der Waals surface area contributed by atoms with Gasteiger partial charge in [-0.15, -0.1) is 0 Å². The van der Waals surface area contributed by atoms with Gasteiger partial charge in [-0.2, -0.15) is 0 Å². The molecule has 2 amide bonds. The predicted molar refractivity (Wildman–Crippen MR) is 133 cm³/mol. The van der Waals surface area contributed by atoms with Gasteiger partial charge in [-0.1, -0.05) is 54.6 Å². The molecule has 3 aromatic rings. The van der Waals surface area contributed by atoms with Crippen molar-refractivity contribution >= 4 is 23.1 Å². The highest BCUT2D eigenvalue weighted by Gasteiger charge is 2.44. The molecule has 2 heterocycles. The molecule has 2 aliphatic rings. The normalized spacial score (nSPS) is 15.7. The number of amides is 2. The van der Waals surface area contributed by atoms with Crippen LogP contribution in [0.2, 0.25) is 0 Å². The summed E-state index contributed by atoms with van der Waals surface area (Å²) < 4.78 is 5.77. The zero-order valence-electron chi connectivity index (χ0n) is 19.8. The highest BCUT2D eigenvalue weighted by Crippen LogP contribution is 2.40. The molecule has 0 aliphatic carbocycles. The molecule has 0 saturated carbocycles. The predicted octanol–water partition coefficient (Wildman–Crippen LogP) is 5.04. The molecular formula is C29H28N2O3. The fourth-order valence-electron chi connectivity index (χ4n) is 4.79. The fourth-order valence-corrected chi connectivity index (χ4v) is 4.79. The summed E-state index contributed by atoms with van der Waals surface area (Å²) in [5, 5.41) is 0. The van der Waals surface area contributed by atoms with Gasteiger partial charge in [-0.3, -0.25) is 9.59 Å². The first kappa shape index (κ1) is 22.0. The largest absolute Gasteiger partial charge is 0.492 e. The first-order valence-corrected chi connectivity index (χ1v) is 11.7. The Morgan fingerprint density at radius 2 is 1.59 bits per heavy atom. The van der Waals surface area contributed by atoms with E-state index in [1.807, 2.05) is 63.2 Å². The Kier molecular flexibility index (Phi) is 5.70. The van der Waals surface area contributed by atoms with Crippen molar-refractivity contribution in [1.29, 1.82) is 0 Å². The Hall–Kier alpha value is -3.86. The van der Waals surface area contributed by atoms with Crippen LogP contribution in [0.3, 0.4) is 0 Å². The Morgan fingerprint density at radius 3 is 2.35 bits per heavy atom. The third-order valence-corrected chi connectivity index (χ3v) is 6.71. The number of hydrogen-bond donors (Lipinski definition) is 0. The summed E-state index contributed by atoms with van der Waals surface area (Å²) in [5.74, 6) is -0.0876. The lowest BCUT2D eigenvalue weighted by Gasteiger charge is -2.31. The van der Waals surface area contributed by atoms with Gasteiger partial charge in [0.05, 0.1) is 17.9 Å². The van der Waals surface area contributed by atoms with Crippen LogP contribution in [0.5, 0.6) is 5.75 Å². The Bertz CT molecular complexity index is 1320. The van der Waals surface area contributed by atoms with Crippen LogP contribution in [0.4, 0.5) is 5.69 Å². The molecule has 0 saturated heterocycles. The third-order valence-electron chi connectivity index (χ3n) is 6.71. The molecule has 172 valence electrons. The number of aryl methyl sites for hydroxylation is 2. The molecule has 0 atom stereocenters. The number of carbonyl (C=O) groups is 2. The molecule has 0 radical (unpaired) electrons. The summed E-state index contributed by atoms with van der Waals surface area (Å²) in [6.45, 7) is 7.68. The van der Waals surface area contributed by atoms with Crippen molar-refractivity contribution in [3.8, 4) is 5.75 Å². The van der Waals surface area contributed by atoms with Gasteiger partial charge in [0.15, 0.2) is 0 Å². The van der Waals surface area contributed by atoms with E-state index in [2.05, 4.69) is 17.0 Å². The summed E-state index contributed by atoms with van der Waals surface area (Å²) in [5.41, 5.74) is 6.89. The highest BCUT2D eigenvalue weighted by atomic mass is 16.5. The van der Waals surface area contributed by atoms with E-state index in [9.17, 15) is 9.59 Å². The molecule has 5 rings (SSSR count). The van der Waals surface area contributed by atoms with Crippen molar-refractivity contribution in [1.82, 2.24) is 4.90 Å². The van der Waals surface area contributed by atoms with Crippen molar-refractivity contribution in [2.75, 3.05) is 18.1 Å². The lowest BCUT2D eigenvalue weighted by molar-refractivity contribution is -0.120. The van der Waals surface area contributed by atoms with Gasteiger partial charge in [0, 0.05) is 13.1 Å². The number of rotatable bonds is 5. The Balaban J connectivity index is 1.64. The molecule has 34 heavy (non-hydrogen) atoms. The number of carbonyl (C=O) groups excluding carboxylic acids is 2. The third kappa shape index (κ3) is 3.67. The lowest BCUT2D eigenvalue weighted by Crippen LogP contribution is -2.37. The molecule has 0 spiro atoms. The van der Waals surface area contributed by atoms with E-state index < -0.39 is 0 Å². The van der Waals surface area contributed by atoms with Crippen molar-refractivity contribution in [3.05, 3.63) is 100 Å². The van der Waals surface area contributed by atoms with Gasteiger partial charge in [-0.05, 0) is 67.1 Å². The zero-order chi connectivity index (χ0) is 23.8. The molecule has 0 unspecified atom stereocenters. The smallest absolute Gasteiger partial charge is 0.282 e. The summed E-state index contributed by atoms with van der Waals surface area (Å²) in [6.07, 6.45) is 0.830. The molecule has 0 aromatic heterocycles. The summed E-state index contributed by atoms with van der Waals surface area (Å²) in [7, 11) is 0. The van der Waals surface area contributed by atoms with Crippen LogP contribution in [-0.4, -0.2) is 29.9 Å². The topological polar surface area (TPSA) is 49.9 Å². The second-order valence-corrected chi connectivity index (χ2v) is 8.81. The standard InChI is InChI=1S/C29H28N2O3/c1-4-34-25-12-8-7-11-24(25)31-28(32)26(22-14-13-19(2)20(3)17-22)27(29(31)33)30-16-15-21-9-5-6-10-23(21)18-30/h5-14,17H,4,15-16,18H2,1-3H3. The number of anilines is 1. The van der Waals surface area contributed by atoms with Crippen LogP contribution >= 0.6 is 0 Å². The van der Waals surface area contributed by atoms with E-state index in [0.717, 1.165) is 23.1 Å². The SMILES string of the molecule is CCOc1ccccc1N1C(=O)C(c2ccc(C)c(C)c2)=C(N2CCc3ccccc3C2)C1=O. The number of nitrogens with zero attached hydrogens (tertiary/aromatic N) is 2. The minimum Gasteiger partial charge on any atom is -0.492 e. The molecule has 3 aromatic carbocycles. The molecule has 0 N–H and O–H groups in total. The van der Waals surface area contributed by atoms with Crippen LogP contribution in [0.25, 0.3) is 5.57 Å². The number of para-hydroxylation sites is 2. The summed E-state index contributed by atoms with van der Waals surface area (Å²) in [4.78, 5) is 31.3. The summed E-state index contributed by atoms with van der Waals surface area (Å²) >= 11 is 0. The van der Waals surface area contributed by atoms with Gasteiger partial charge in [0.1, 0.15) is 11.4 Å². The Labute approximate surface area is 200 Å². The van der Waals surface area contributed by atoms with Gasteiger partial charge in [0.2, 0.25) is 0 Å². The van der Waals surface area contributed by atoms with Crippen LogP contribution in [0.15, 0.2) is 72.4 Å². The number of ether oxygens (including phenoxy) is 1. The first-order chi connectivity index (χ1) is 16.5. The zero-order valence-corrected chi connectivity index (χ0v) is 19.8. The van der Waals surface area contributed by atoms with E-state index in [0.29, 0.717) is 42.4 Å². The van der Waals surface area contributed by atoms with Crippen molar-refractivity contribution in [2.45, 2.75) is 33.7 Å². The number of imide groups is 1. The van der Waals surface area contributed by atoms with Gasteiger partial charge in [-0.25, -0.2) is 4.90 Å². The highest BCUT2D eigenvalue weighted by molar-refractivity contribution is 6.45. The van der Waals surface area contributed by atoms with Gasteiger partial charge in [0.25, 0.3) is 11.8 Å². The Morgan fingerprint density at radius 1 is 0.853 bits per heavy atom. The minimum absolute atomic E-state index is 0.301. The van der Waals surface area contributed by atoms with Gasteiger partial charge >= 0.3 is 0 Å². The maximum atomic E-state index is 14.0. The van der Waals surface area contributed by atoms with Crippen molar-refractivity contribution in [2.24, 2.45) is 0 Å². The average Bonchev–Trinajstić information content (AvgIpc) is 3.11. The van der Waals surface area contributed by atoms with Crippen molar-refractivity contribution in [3.63, 3.8) is 0 Å². The average molecular weight is 453 g/mol. The fraction of sp³-hybridized carbons (Fsp3) is 0.241. The van der Waals surface area contributed by atoms with Crippen LogP contribution in [0.1, 0.15) is 34.7 Å². The molecule has 0 bridgehead atoms. The van der Waals surface area contributed by atoms with Crippen LogP contribution in [0, 0.1) is 13.8 Å². The molecule has 0 fully saturated rings. The summed E-state index contributed by atoms with van der Waals surface area (Å²) in [6, 6.07) is 21.5. The molecular weight excluding hydrogens is 424 g/mol. The van der Waals surface area contributed by atoms with E-state index in [4.69, 9.17) is 4.74 Å². The maximum Gasteiger partial charge on any atom is 0.282 e. The van der Waals surface area contributed by atoms with E-state index in [1.54, 1.807) is 12.1 Å². The quantitative estimate of drug-likeness (QED) is 0.509. The number of fused-ring (bicyclic) bond motifs is 1. The monoisotopic (exact) mass is 452 g/mol. The first-order valence-electron chi connectivity index (χ1n) is 11.7. The minimum atomic E-state index is -0.311. The number of benzene rings is 3. The van der Waals surface area contributed by atoms with Crippen LogP contribution < -0.4 is 9.64 Å². The van der Waals surface area contributed by atoms with E-state index in [1.165, 1.54) is 16.0 Å². The van der Waals surface area contributed by atoms with Gasteiger partial charge < -0.3 is 9.64 Å². The molecule has 5 heteroatoms. The molecule has 5 nitrogen and oxygen atoms in total. The van der Waals surface area contributed by atoms with E-state index >= 15 is 0 Å². The maximum absolute atomic E-state index is 14.0. The van der Waals surface area contributed by atoms with E-state index in [-0.39, 0.29) is 11.8 Å². The number of hydrogen-bond acceptors (Lipinski definition) is 4. The second kappa shape index (κ2) is 8.82.